The largest absolute Gasteiger partial charge is 0.465 e. The van der Waals surface area contributed by atoms with Gasteiger partial charge in [-0.2, -0.15) is 0 Å². The van der Waals surface area contributed by atoms with E-state index in [1.807, 2.05) is 0 Å². The number of unbranched alkanes of at least 4 members (excludes halogenated alkanes) is 1. The van der Waals surface area contributed by atoms with Crippen molar-refractivity contribution in [1.82, 2.24) is 14.8 Å². The van der Waals surface area contributed by atoms with E-state index >= 15 is 0 Å². The van der Waals surface area contributed by atoms with Crippen LogP contribution in [0.4, 0.5) is 5.95 Å². The molecule has 0 aliphatic carbocycles. The number of esters is 1. The van der Waals surface area contributed by atoms with Crippen LogP contribution in [0, 0.1) is 6.92 Å². The van der Waals surface area contributed by atoms with E-state index in [0.29, 0.717) is 6.61 Å². The maximum Gasteiger partial charge on any atom is 0.316 e. The van der Waals surface area contributed by atoms with E-state index in [1.54, 1.807) is 0 Å². The van der Waals surface area contributed by atoms with Crippen molar-refractivity contribution in [3.8, 4) is 5.69 Å². The fraction of sp³-hybridized carbons (Fsp3) is 0.526. The molecule has 0 spiro atoms. The van der Waals surface area contributed by atoms with Gasteiger partial charge >= 0.3 is 5.97 Å². The monoisotopic (exact) mass is 374 g/mol. The Balaban J connectivity index is 1.78. The molecule has 0 radical (unpaired) electrons. The molecule has 0 bridgehead atoms. The highest BCUT2D eigenvalue weighted by Gasteiger charge is 2.23. The quantitative estimate of drug-likeness (QED) is 0.400. The van der Waals surface area contributed by atoms with Crippen LogP contribution in [0.3, 0.4) is 0 Å². The van der Waals surface area contributed by atoms with Crippen molar-refractivity contribution < 1.29 is 9.53 Å². The highest BCUT2D eigenvalue weighted by Crippen LogP contribution is 2.28. The Morgan fingerprint density at radius 2 is 1.92 bits per heavy atom. The topological polar surface area (TPSA) is 60.2 Å². The third-order valence-corrected chi connectivity index (χ3v) is 5.28. The summed E-state index contributed by atoms with van der Waals surface area (Å²) in [7, 11) is 0. The minimum atomic E-state index is -0.204. The third-order valence-electron chi connectivity index (χ3n) is 4.38. The molecule has 7 heteroatoms. The lowest BCUT2D eigenvalue weighted by Gasteiger charge is -2.18. The normalized spacial score (nSPS) is 14.0. The van der Waals surface area contributed by atoms with Gasteiger partial charge in [-0.25, -0.2) is 0 Å². The summed E-state index contributed by atoms with van der Waals surface area (Å²) in [6, 6.07) is 8.30. The number of aryl methyl sites for hydroxylation is 1. The molecule has 0 atom stereocenters. The number of thioether (sulfide) groups is 1. The molecule has 1 fully saturated rings. The van der Waals surface area contributed by atoms with Gasteiger partial charge in [0.05, 0.1) is 18.0 Å². The smallest absolute Gasteiger partial charge is 0.316 e. The second kappa shape index (κ2) is 9.07. The Labute approximate surface area is 158 Å². The fourth-order valence-electron chi connectivity index (χ4n) is 2.89. The number of hydrogen-bond donors (Lipinski definition) is 0. The number of carbonyl (C=O) groups excluding carboxylic acids is 1. The van der Waals surface area contributed by atoms with Gasteiger partial charge in [0.15, 0.2) is 5.16 Å². The molecule has 6 nitrogen and oxygen atoms in total. The van der Waals surface area contributed by atoms with Gasteiger partial charge in [-0.1, -0.05) is 42.8 Å². The number of nitrogens with zero attached hydrogens (tertiary/aromatic N) is 4. The van der Waals surface area contributed by atoms with Crippen molar-refractivity contribution in [3.63, 3.8) is 0 Å². The first-order valence-corrected chi connectivity index (χ1v) is 10.2. The van der Waals surface area contributed by atoms with E-state index in [0.717, 1.165) is 42.7 Å². The van der Waals surface area contributed by atoms with Gasteiger partial charge in [-0.15, -0.1) is 10.2 Å². The maximum atomic E-state index is 11.9. The van der Waals surface area contributed by atoms with Crippen molar-refractivity contribution in [2.45, 2.75) is 44.7 Å². The van der Waals surface area contributed by atoms with Crippen LogP contribution in [-0.2, 0) is 9.53 Å². The number of carbonyl (C=O) groups is 1. The number of anilines is 1. The van der Waals surface area contributed by atoms with E-state index in [-0.39, 0.29) is 11.7 Å². The van der Waals surface area contributed by atoms with Crippen molar-refractivity contribution in [2.24, 2.45) is 0 Å². The molecule has 3 rings (SSSR count). The number of aromatic nitrogens is 3. The number of rotatable bonds is 8. The zero-order valence-corrected chi connectivity index (χ0v) is 16.3. The molecule has 1 aromatic carbocycles. The summed E-state index contributed by atoms with van der Waals surface area (Å²) < 4.78 is 7.29. The summed E-state index contributed by atoms with van der Waals surface area (Å²) in [5, 5.41) is 9.50. The highest BCUT2D eigenvalue weighted by molar-refractivity contribution is 7.99. The Hall–Kier alpha value is -2.02. The van der Waals surface area contributed by atoms with Gasteiger partial charge in [0.25, 0.3) is 0 Å². The number of benzene rings is 1. The summed E-state index contributed by atoms with van der Waals surface area (Å²) >= 11 is 1.38. The minimum absolute atomic E-state index is 0.204. The van der Waals surface area contributed by atoms with Gasteiger partial charge in [-0.3, -0.25) is 9.36 Å². The SMILES string of the molecule is CCCCOC(=O)CSc1nnc(N2CCCC2)n1-c1ccc(C)cc1. The minimum Gasteiger partial charge on any atom is -0.465 e. The van der Waals surface area contributed by atoms with E-state index in [9.17, 15) is 4.79 Å². The first kappa shape index (κ1) is 18.8. The first-order chi connectivity index (χ1) is 12.7. The Morgan fingerprint density at radius 3 is 2.62 bits per heavy atom. The van der Waals surface area contributed by atoms with Crippen LogP contribution in [-0.4, -0.2) is 46.2 Å². The molecule has 1 saturated heterocycles. The van der Waals surface area contributed by atoms with Crippen LogP contribution in [0.2, 0.25) is 0 Å². The second-order valence-corrected chi connectivity index (χ2v) is 7.45. The van der Waals surface area contributed by atoms with Gasteiger partial charge in [0.1, 0.15) is 0 Å². The molecule has 1 aliphatic heterocycles. The Morgan fingerprint density at radius 1 is 1.19 bits per heavy atom. The van der Waals surface area contributed by atoms with Crippen LogP contribution >= 0.6 is 11.8 Å². The molecule has 2 heterocycles. The van der Waals surface area contributed by atoms with Crippen LogP contribution in [0.1, 0.15) is 38.2 Å². The predicted molar refractivity (Wildman–Crippen MR) is 104 cm³/mol. The second-order valence-electron chi connectivity index (χ2n) is 6.51. The zero-order valence-electron chi connectivity index (χ0n) is 15.5. The summed E-state index contributed by atoms with van der Waals surface area (Å²) in [4.78, 5) is 14.2. The van der Waals surface area contributed by atoms with Crippen LogP contribution in [0.25, 0.3) is 5.69 Å². The molecule has 0 unspecified atom stereocenters. The van der Waals surface area contributed by atoms with Gasteiger partial charge < -0.3 is 9.64 Å². The van der Waals surface area contributed by atoms with Crippen LogP contribution in [0.5, 0.6) is 0 Å². The van der Waals surface area contributed by atoms with Crippen LogP contribution < -0.4 is 4.90 Å². The molecule has 1 aromatic heterocycles. The van der Waals surface area contributed by atoms with Crippen LogP contribution in [0.15, 0.2) is 29.4 Å². The standard InChI is InChI=1S/C19H26N4O2S/c1-3-4-13-25-17(24)14-26-19-21-20-18(22-11-5-6-12-22)23(19)16-9-7-15(2)8-10-16/h7-10H,3-6,11-14H2,1-2H3. The number of hydrogen-bond acceptors (Lipinski definition) is 6. The summed E-state index contributed by atoms with van der Waals surface area (Å²) in [6.07, 6.45) is 4.26. The summed E-state index contributed by atoms with van der Waals surface area (Å²) in [5.74, 6) is 0.895. The Kier molecular flexibility index (Phi) is 6.55. The average molecular weight is 375 g/mol. The summed E-state index contributed by atoms with van der Waals surface area (Å²) in [6.45, 7) is 6.62. The van der Waals surface area contributed by atoms with Crippen molar-refractivity contribution in [3.05, 3.63) is 29.8 Å². The van der Waals surface area contributed by atoms with E-state index < -0.39 is 0 Å². The molecule has 0 amide bonds. The molecular weight excluding hydrogens is 348 g/mol. The van der Waals surface area contributed by atoms with E-state index in [1.165, 1.54) is 30.2 Å². The molecule has 0 saturated carbocycles. The fourth-order valence-corrected chi connectivity index (χ4v) is 3.64. The molecule has 2 aromatic rings. The maximum absolute atomic E-state index is 11.9. The lowest BCUT2D eigenvalue weighted by Crippen LogP contribution is -2.22. The lowest BCUT2D eigenvalue weighted by atomic mass is 10.2. The highest BCUT2D eigenvalue weighted by atomic mass is 32.2. The van der Waals surface area contributed by atoms with Crippen molar-refractivity contribution in [1.29, 1.82) is 0 Å². The van der Waals surface area contributed by atoms with Gasteiger partial charge in [-0.05, 0) is 38.3 Å². The Bertz CT molecular complexity index is 724. The van der Waals surface area contributed by atoms with Crippen molar-refractivity contribution >= 4 is 23.7 Å². The molecule has 1 aliphatic rings. The molecular formula is C19H26N4O2S. The number of ether oxygens (including phenoxy) is 1. The van der Waals surface area contributed by atoms with E-state index in [4.69, 9.17) is 4.74 Å². The molecule has 140 valence electrons. The zero-order chi connectivity index (χ0) is 18.4. The van der Waals surface area contributed by atoms with Crippen molar-refractivity contribution in [2.75, 3.05) is 30.3 Å². The third kappa shape index (κ3) is 4.58. The van der Waals surface area contributed by atoms with E-state index in [2.05, 4.69) is 57.8 Å². The molecule has 26 heavy (non-hydrogen) atoms. The van der Waals surface area contributed by atoms with Gasteiger partial charge in [0, 0.05) is 13.1 Å². The lowest BCUT2D eigenvalue weighted by molar-refractivity contribution is -0.140. The first-order valence-electron chi connectivity index (χ1n) is 9.25. The average Bonchev–Trinajstić information content (AvgIpc) is 3.30. The predicted octanol–water partition coefficient (Wildman–Crippen LogP) is 3.61. The molecule has 0 N–H and O–H groups in total. The van der Waals surface area contributed by atoms with Gasteiger partial charge in [0.2, 0.25) is 5.95 Å². The summed E-state index contributed by atoms with van der Waals surface area (Å²) in [5.41, 5.74) is 2.22.